The van der Waals surface area contributed by atoms with Crippen LogP contribution < -0.4 is 4.74 Å². The fraction of sp³-hybridized carbons (Fsp3) is 0.425. The van der Waals surface area contributed by atoms with Crippen LogP contribution in [0.1, 0.15) is 65.2 Å². The Morgan fingerprint density at radius 3 is 1.76 bits per heavy atom. The van der Waals surface area contributed by atoms with E-state index in [0.29, 0.717) is 37.9 Å². The number of benzene rings is 3. The van der Waals surface area contributed by atoms with Crippen molar-refractivity contribution < 1.29 is 23.7 Å². The summed E-state index contributed by atoms with van der Waals surface area (Å²) in [7, 11) is -1.42. The Morgan fingerprint density at radius 1 is 0.761 bits per heavy atom. The summed E-state index contributed by atoms with van der Waals surface area (Å²) >= 11 is 0. The van der Waals surface area contributed by atoms with E-state index in [-0.39, 0.29) is 5.97 Å². The van der Waals surface area contributed by atoms with Crippen LogP contribution in [0.4, 0.5) is 0 Å². The maximum absolute atomic E-state index is 12.1. The lowest BCUT2D eigenvalue weighted by Crippen LogP contribution is -2.42. The Balaban J connectivity index is 1.51. The minimum atomic E-state index is -1.42. The zero-order valence-electron chi connectivity index (χ0n) is 29.4. The van der Waals surface area contributed by atoms with Gasteiger partial charge in [-0.1, -0.05) is 101 Å². The number of carbonyl (C=O) groups excluding carboxylic acids is 1. The zero-order valence-corrected chi connectivity index (χ0v) is 30.4. The van der Waals surface area contributed by atoms with E-state index in [1.165, 1.54) is 22.3 Å². The highest BCUT2D eigenvalue weighted by Crippen LogP contribution is 2.36. The second-order valence-corrected chi connectivity index (χ2v) is 19.0. The third-order valence-electron chi connectivity index (χ3n) is 8.92. The number of rotatable bonds is 16. The maximum Gasteiger partial charge on any atom is 0.335 e. The van der Waals surface area contributed by atoms with Gasteiger partial charge in [0.1, 0.15) is 12.4 Å². The predicted octanol–water partition coefficient (Wildman–Crippen LogP) is 9.81. The Hall–Kier alpha value is -3.45. The van der Waals surface area contributed by atoms with Crippen LogP contribution >= 0.6 is 0 Å². The second-order valence-electron chi connectivity index (χ2n) is 13.4. The van der Waals surface area contributed by atoms with Crippen molar-refractivity contribution in [2.45, 2.75) is 79.1 Å². The quantitative estimate of drug-likeness (QED) is 0.0885. The van der Waals surface area contributed by atoms with E-state index in [1.807, 2.05) is 31.2 Å². The minimum absolute atomic E-state index is 0.326. The zero-order chi connectivity index (χ0) is 33.7. The third kappa shape index (κ3) is 11.1. The molecule has 1 unspecified atom stereocenters. The SMILES string of the molecule is CCOC(=O)C(Cc1ccc(OCC=C(C)c2ccc(-c3ccc(C(C)=CCOC[Si](C)(C)C(C)(C)C)cc3)cc2)cc1)OCC. The van der Waals surface area contributed by atoms with Gasteiger partial charge in [-0.15, -0.1) is 0 Å². The summed E-state index contributed by atoms with van der Waals surface area (Å²) in [6.45, 7) is 21.6. The molecule has 0 heterocycles. The summed E-state index contributed by atoms with van der Waals surface area (Å²) in [5, 5.41) is 0.335. The Kier molecular flexibility index (Phi) is 14.0. The van der Waals surface area contributed by atoms with E-state index in [9.17, 15) is 4.79 Å². The predicted molar refractivity (Wildman–Crippen MR) is 195 cm³/mol. The number of hydrogen-bond donors (Lipinski definition) is 0. The van der Waals surface area contributed by atoms with Crippen molar-refractivity contribution in [3.8, 4) is 16.9 Å². The minimum Gasteiger partial charge on any atom is -0.490 e. The van der Waals surface area contributed by atoms with Crippen molar-refractivity contribution in [1.29, 1.82) is 0 Å². The highest BCUT2D eigenvalue weighted by atomic mass is 28.3. The molecule has 0 aliphatic heterocycles. The molecule has 6 heteroatoms. The first-order chi connectivity index (χ1) is 21.8. The molecule has 0 aliphatic rings. The summed E-state index contributed by atoms with van der Waals surface area (Å²) in [6, 6.07) is 25.2. The molecule has 3 aromatic rings. The monoisotopic (exact) mass is 642 g/mol. The molecular formula is C40H54O5Si. The molecule has 0 amide bonds. The van der Waals surface area contributed by atoms with Gasteiger partial charge < -0.3 is 18.9 Å². The third-order valence-corrected chi connectivity index (χ3v) is 13.9. The van der Waals surface area contributed by atoms with Gasteiger partial charge in [-0.3, -0.25) is 0 Å². The second kappa shape index (κ2) is 17.5. The van der Waals surface area contributed by atoms with Crippen LogP contribution in [-0.4, -0.2) is 52.8 Å². The summed E-state index contributed by atoms with van der Waals surface area (Å²) in [5.74, 6) is 0.452. The molecule has 0 fully saturated rings. The lowest BCUT2D eigenvalue weighted by molar-refractivity contribution is -0.156. The molecule has 1 atom stereocenters. The van der Waals surface area contributed by atoms with E-state index in [2.05, 4.69) is 108 Å². The van der Waals surface area contributed by atoms with Gasteiger partial charge >= 0.3 is 5.97 Å². The van der Waals surface area contributed by atoms with E-state index in [0.717, 1.165) is 28.7 Å². The van der Waals surface area contributed by atoms with Crippen LogP contribution in [0.3, 0.4) is 0 Å². The number of hydrogen-bond acceptors (Lipinski definition) is 5. The summed E-state index contributed by atoms with van der Waals surface area (Å²) in [4.78, 5) is 12.1. The lowest BCUT2D eigenvalue weighted by atomic mass is 9.98. The van der Waals surface area contributed by atoms with Crippen LogP contribution in [0.5, 0.6) is 5.75 Å². The van der Waals surface area contributed by atoms with Crippen molar-refractivity contribution in [3.63, 3.8) is 0 Å². The summed E-state index contributed by atoms with van der Waals surface area (Å²) < 4.78 is 22.8. The van der Waals surface area contributed by atoms with Gasteiger partial charge in [0, 0.05) is 19.3 Å². The molecule has 46 heavy (non-hydrogen) atoms. The number of esters is 1. The van der Waals surface area contributed by atoms with Gasteiger partial charge in [-0.05, 0) is 89.9 Å². The van der Waals surface area contributed by atoms with Gasteiger partial charge in [0.2, 0.25) is 0 Å². The Labute approximate surface area is 278 Å². The normalized spacial score (nSPS) is 13.4. The average Bonchev–Trinajstić information content (AvgIpc) is 3.03. The molecular weight excluding hydrogens is 589 g/mol. The number of allylic oxidation sites excluding steroid dienone is 2. The van der Waals surface area contributed by atoms with E-state index in [1.54, 1.807) is 6.92 Å². The Morgan fingerprint density at radius 2 is 1.28 bits per heavy atom. The summed E-state index contributed by atoms with van der Waals surface area (Å²) in [6.07, 6.45) is 5.03. The van der Waals surface area contributed by atoms with Crippen LogP contribution in [0.2, 0.25) is 18.1 Å². The molecule has 3 aromatic carbocycles. The molecule has 0 bridgehead atoms. The van der Waals surface area contributed by atoms with Crippen molar-refractivity contribution in [3.05, 3.63) is 102 Å². The Bertz CT molecular complexity index is 1430. The largest absolute Gasteiger partial charge is 0.490 e. The fourth-order valence-electron chi connectivity index (χ4n) is 4.65. The molecule has 0 aromatic heterocycles. The van der Waals surface area contributed by atoms with Crippen LogP contribution in [0.25, 0.3) is 22.3 Å². The van der Waals surface area contributed by atoms with Crippen LogP contribution in [0, 0.1) is 0 Å². The van der Waals surface area contributed by atoms with Gasteiger partial charge in [-0.25, -0.2) is 4.79 Å². The maximum atomic E-state index is 12.1. The van der Waals surface area contributed by atoms with Crippen molar-refractivity contribution in [1.82, 2.24) is 0 Å². The molecule has 248 valence electrons. The molecule has 0 N–H and O–H groups in total. The van der Waals surface area contributed by atoms with Crippen molar-refractivity contribution >= 4 is 25.2 Å². The summed E-state index contributed by atoms with van der Waals surface area (Å²) in [5.41, 5.74) is 8.15. The van der Waals surface area contributed by atoms with Gasteiger partial charge in [0.05, 0.1) is 21.3 Å². The van der Waals surface area contributed by atoms with E-state index < -0.39 is 14.2 Å². The van der Waals surface area contributed by atoms with Crippen LogP contribution in [-0.2, 0) is 25.4 Å². The molecule has 0 radical (unpaired) electrons. The first kappa shape index (κ1) is 37.0. The number of ether oxygens (including phenoxy) is 4. The highest BCUT2D eigenvalue weighted by Gasteiger charge is 2.35. The topological polar surface area (TPSA) is 54.0 Å². The highest BCUT2D eigenvalue weighted by molar-refractivity contribution is 6.80. The van der Waals surface area contributed by atoms with Gasteiger partial charge in [0.25, 0.3) is 0 Å². The van der Waals surface area contributed by atoms with Crippen molar-refractivity contribution in [2.24, 2.45) is 0 Å². The van der Waals surface area contributed by atoms with Crippen molar-refractivity contribution in [2.75, 3.05) is 32.7 Å². The van der Waals surface area contributed by atoms with Crippen LogP contribution in [0.15, 0.2) is 84.9 Å². The fourth-order valence-corrected chi connectivity index (χ4v) is 5.71. The molecule has 0 aliphatic carbocycles. The molecule has 0 saturated heterocycles. The lowest BCUT2D eigenvalue weighted by Gasteiger charge is -2.36. The number of carbonyl (C=O) groups is 1. The molecule has 0 spiro atoms. The molecule has 0 saturated carbocycles. The molecule has 5 nitrogen and oxygen atoms in total. The van der Waals surface area contributed by atoms with E-state index >= 15 is 0 Å². The van der Waals surface area contributed by atoms with E-state index in [4.69, 9.17) is 18.9 Å². The van der Waals surface area contributed by atoms with Gasteiger partial charge in [-0.2, -0.15) is 0 Å². The first-order valence-corrected chi connectivity index (χ1v) is 19.7. The smallest absolute Gasteiger partial charge is 0.335 e. The average molecular weight is 643 g/mol. The standard InChI is InChI=1S/C40H54O5Si/c1-10-43-38(39(41)44-11-2)28-32-12-22-37(23-13-32)45-27-25-31(4)34-16-20-36(21-17-34)35-18-14-33(15-19-35)30(3)24-26-42-29-46(8,9)40(5,6)7/h12-25,38H,10-11,26-29H2,1-9H3. The van der Waals surface area contributed by atoms with Gasteiger partial charge in [0.15, 0.2) is 6.10 Å². The first-order valence-electron chi connectivity index (χ1n) is 16.5. The molecule has 3 rings (SSSR count).